The van der Waals surface area contributed by atoms with Gasteiger partial charge in [-0.3, -0.25) is 4.79 Å². The molecule has 0 radical (unpaired) electrons. The fourth-order valence-corrected chi connectivity index (χ4v) is 1.96. The minimum Gasteiger partial charge on any atom is -0.353 e. The predicted octanol–water partition coefficient (Wildman–Crippen LogP) is 2.10. The molecule has 1 aromatic carbocycles. The van der Waals surface area contributed by atoms with Gasteiger partial charge >= 0.3 is 0 Å². The summed E-state index contributed by atoms with van der Waals surface area (Å²) in [6.07, 6.45) is 1.76. The third kappa shape index (κ3) is 6.30. The van der Waals surface area contributed by atoms with Crippen LogP contribution < -0.4 is 5.32 Å². The van der Waals surface area contributed by atoms with Gasteiger partial charge in [-0.05, 0) is 17.7 Å². The van der Waals surface area contributed by atoms with Crippen LogP contribution in [0.1, 0.15) is 5.56 Å². The number of carbonyl (C=O) groups is 1. The topological polar surface area (TPSA) is 47.9 Å². The van der Waals surface area contributed by atoms with Crippen LogP contribution >= 0.6 is 15.9 Å². The highest BCUT2D eigenvalue weighted by atomic mass is 79.9. The summed E-state index contributed by atoms with van der Waals surface area (Å²) in [5.41, 5.74) is 1.16. The van der Waals surface area contributed by atoms with Crippen molar-refractivity contribution >= 4 is 27.8 Å². The van der Waals surface area contributed by atoms with E-state index in [2.05, 4.69) is 45.0 Å². The van der Waals surface area contributed by atoms with Crippen LogP contribution in [-0.2, 0) is 11.3 Å². The molecule has 0 aromatic heterocycles. The predicted molar refractivity (Wildman–Crippen MR) is 94.8 cm³/mol. The van der Waals surface area contributed by atoms with Crippen molar-refractivity contribution in [3.63, 3.8) is 0 Å². The lowest BCUT2D eigenvalue weighted by Gasteiger charge is -2.22. The van der Waals surface area contributed by atoms with Gasteiger partial charge in [0.1, 0.15) is 6.54 Å². The first kappa shape index (κ1) is 18.2. The molecule has 1 aromatic rings. The summed E-state index contributed by atoms with van der Waals surface area (Å²) in [7, 11) is 5.39. The average Bonchev–Trinajstić information content (AvgIpc) is 2.49. The van der Waals surface area contributed by atoms with E-state index in [0.29, 0.717) is 19.0 Å². The van der Waals surface area contributed by atoms with Crippen molar-refractivity contribution in [3.05, 3.63) is 47.0 Å². The molecule has 0 aliphatic carbocycles. The second-order valence-electron chi connectivity index (χ2n) is 5.08. The van der Waals surface area contributed by atoms with Gasteiger partial charge in [0.2, 0.25) is 5.91 Å². The number of hydrogen-bond donors (Lipinski definition) is 1. The summed E-state index contributed by atoms with van der Waals surface area (Å²) >= 11 is 3.43. The van der Waals surface area contributed by atoms with Crippen LogP contribution in [0.25, 0.3) is 0 Å². The van der Waals surface area contributed by atoms with Crippen molar-refractivity contribution in [2.24, 2.45) is 4.99 Å². The number of hydrogen-bond acceptors (Lipinski definition) is 2. The van der Waals surface area contributed by atoms with Gasteiger partial charge in [0.05, 0.1) is 0 Å². The van der Waals surface area contributed by atoms with E-state index in [1.54, 1.807) is 20.2 Å². The van der Waals surface area contributed by atoms with E-state index in [4.69, 9.17) is 0 Å². The van der Waals surface area contributed by atoms with E-state index in [-0.39, 0.29) is 12.5 Å². The second kappa shape index (κ2) is 9.25. The minimum atomic E-state index is -0.0325. The SMILES string of the molecule is C=CCNC(=NCC(=O)N(C)C)N(C)Cc1ccc(Br)cc1. The molecule has 0 unspecified atom stereocenters. The molecule has 1 amide bonds. The van der Waals surface area contributed by atoms with Crippen molar-refractivity contribution in [2.75, 3.05) is 34.2 Å². The monoisotopic (exact) mass is 366 g/mol. The largest absolute Gasteiger partial charge is 0.353 e. The number of rotatable bonds is 6. The Hall–Kier alpha value is -1.82. The van der Waals surface area contributed by atoms with E-state index >= 15 is 0 Å². The minimum absolute atomic E-state index is 0.0325. The van der Waals surface area contributed by atoms with E-state index in [0.717, 1.165) is 10.0 Å². The molecule has 5 nitrogen and oxygen atoms in total. The number of guanidine groups is 1. The molecule has 0 fully saturated rings. The smallest absolute Gasteiger partial charge is 0.243 e. The van der Waals surface area contributed by atoms with Crippen LogP contribution in [0.4, 0.5) is 0 Å². The Kier molecular flexibility index (Phi) is 7.66. The Labute approximate surface area is 140 Å². The first-order valence-corrected chi connectivity index (χ1v) is 7.78. The highest BCUT2D eigenvalue weighted by Gasteiger charge is 2.09. The van der Waals surface area contributed by atoms with Gasteiger partial charge < -0.3 is 15.1 Å². The van der Waals surface area contributed by atoms with Gasteiger partial charge in [0.25, 0.3) is 0 Å². The van der Waals surface area contributed by atoms with Crippen LogP contribution in [0, 0.1) is 0 Å². The van der Waals surface area contributed by atoms with Crippen molar-refractivity contribution in [1.29, 1.82) is 0 Å². The molecule has 0 aliphatic heterocycles. The van der Waals surface area contributed by atoms with Crippen molar-refractivity contribution in [3.8, 4) is 0 Å². The number of aliphatic imine (C=N–C) groups is 1. The van der Waals surface area contributed by atoms with Crippen LogP contribution in [0.15, 0.2) is 46.4 Å². The molecule has 1 N–H and O–H groups in total. The summed E-state index contributed by atoms with van der Waals surface area (Å²) < 4.78 is 1.05. The first-order chi connectivity index (χ1) is 10.4. The van der Waals surface area contributed by atoms with Gasteiger partial charge in [0, 0.05) is 38.7 Å². The van der Waals surface area contributed by atoms with Gasteiger partial charge in [-0.25, -0.2) is 4.99 Å². The van der Waals surface area contributed by atoms with Gasteiger partial charge in [0.15, 0.2) is 5.96 Å². The summed E-state index contributed by atoms with van der Waals surface area (Å²) in [6.45, 7) is 5.11. The average molecular weight is 367 g/mol. The van der Waals surface area contributed by atoms with Gasteiger partial charge in [-0.15, -0.1) is 6.58 Å². The summed E-state index contributed by atoms with van der Waals surface area (Å²) in [4.78, 5) is 19.6. The molecule has 22 heavy (non-hydrogen) atoms. The Bertz CT molecular complexity index is 525. The zero-order valence-corrected chi connectivity index (χ0v) is 14.9. The van der Waals surface area contributed by atoms with Crippen LogP contribution in [0.5, 0.6) is 0 Å². The standard InChI is InChI=1S/C16H23BrN4O/c1-5-10-18-16(19-11-15(22)20(2)3)21(4)12-13-6-8-14(17)9-7-13/h5-9H,1,10-12H2,2-4H3,(H,18,19). The van der Waals surface area contributed by atoms with Crippen molar-refractivity contribution in [1.82, 2.24) is 15.1 Å². The fraction of sp³-hybridized carbons (Fsp3) is 0.375. The third-order valence-electron chi connectivity index (χ3n) is 2.96. The van der Waals surface area contributed by atoms with Gasteiger partial charge in [-0.1, -0.05) is 34.1 Å². The molecule has 6 heteroatoms. The number of benzene rings is 1. The lowest BCUT2D eigenvalue weighted by atomic mass is 10.2. The lowest BCUT2D eigenvalue weighted by molar-refractivity contribution is -0.127. The van der Waals surface area contributed by atoms with Gasteiger partial charge in [-0.2, -0.15) is 0 Å². The normalized spacial score (nSPS) is 11.0. The van der Waals surface area contributed by atoms with Crippen LogP contribution in [-0.4, -0.2) is 55.9 Å². The van der Waals surface area contributed by atoms with E-state index in [9.17, 15) is 4.79 Å². The number of carbonyl (C=O) groups excluding carboxylic acids is 1. The lowest BCUT2D eigenvalue weighted by Crippen LogP contribution is -2.39. The number of halogens is 1. The molecule has 0 spiro atoms. The Morgan fingerprint density at radius 2 is 1.95 bits per heavy atom. The molecule has 0 atom stereocenters. The Balaban J connectivity index is 2.76. The second-order valence-corrected chi connectivity index (χ2v) is 6.00. The molecular formula is C16H23BrN4O. The van der Waals surface area contributed by atoms with Crippen LogP contribution in [0.2, 0.25) is 0 Å². The maximum Gasteiger partial charge on any atom is 0.243 e. The highest BCUT2D eigenvalue weighted by molar-refractivity contribution is 9.10. The number of nitrogens with zero attached hydrogens (tertiary/aromatic N) is 3. The molecule has 120 valence electrons. The molecular weight excluding hydrogens is 344 g/mol. The first-order valence-electron chi connectivity index (χ1n) is 6.99. The number of likely N-dealkylation sites (N-methyl/N-ethyl adjacent to an activating group) is 1. The third-order valence-corrected chi connectivity index (χ3v) is 3.49. The molecule has 0 bridgehead atoms. The molecule has 1 rings (SSSR count). The number of amides is 1. The fourth-order valence-electron chi connectivity index (χ4n) is 1.70. The van der Waals surface area contributed by atoms with E-state index < -0.39 is 0 Å². The van der Waals surface area contributed by atoms with Crippen molar-refractivity contribution in [2.45, 2.75) is 6.54 Å². The highest BCUT2D eigenvalue weighted by Crippen LogP contribution is 2.11. The molecule has 0 heterocycles. The number of nitrogens with one attached hydrogen (secondary N) is 1. The quantitative estimate of drug-likeness (QED) is 0.476. The molecule has 0 saturated carbocycles. The maximum absolute atomic E-state index is 11.7. The Morgan fingerprint density at radius 3 is 2.50 bits per heavy atom. The molecule has 0 aliphatic rings. The zero-order valence-electron chi connectivity index (χ0n) is 13.3. The molecule has 0 saturated heterocycles. The Morgan fingerprint density at radius 1 is 1.32 bits per heavy atom. The summed E-state index contributed by atoms with van der Waals surface area (Å²) in [5.74, 6) is 0.646. The summed E-state index contributed by atoms with van der Waals surface area (Å²) in [6, 6.07) is 8.12. The van der Waals surface area contributed by atoms with Crippen LogP contribution in [0.3, 0.4) is 0 Å². The maximum atomic E-state index is 11.7. The zero-order chi connectivity index (χ0) is 16.5. The van der Waals surface area contributed by atoms with E-state index in [1.165, 1.54) is 4.90 Å². The van der Waals surface area contributed by atoms with Crippen molar-refractivity contribution < 1.29 is 4.79 Å². The summed E-state index contributed by atoms with van der Waals surface area (Å²) in [5, 5.41) is 3.17. The van der Waals surface area contributed by atoms with E-state index in [1.807, 2.05) is 24.1 Å².